The molecule has 0 radical (unpaired) electrons. The largest absolute Gasteiger partial charge is 0.573 e. The van der Waals surface area contributed by atoms with Gasteiger partial charge in [0.05, 0.1) is 18.7 Å². The van der Waals surface area contributed by atoms with Gasteiger partial charge in [0.15, 0.2) is 0 Å². The van der Waals surface area contributed by atoms with Gasteiger partial charge in [-0.15, -0.1) is 13.2 Å². The molecule has 1 aromatic carbocycles. The van der Waals surface area contributed by atoms with E-state index in [0.717, 1.165) is 10.7 Å². The summed E-state index contributed by atoms with van der Waals surface area (Å²) in [5.41, 5.74) is -0.0338. The van der Waals surface area contributed by atoms with E-state index < -0.39 is 29.8 Å². The van der Waals surface area contributed by atoms with Gasteiger partial charge in [-0.3, -0.25) is 4.57 Å². The van der Waals surface area contributed by atoms with Crippen molar-refractivity contribution in [2.75, 3.05) is 7.11 Å². The second-order valence-corrected chi connectivity index (χ2v) is 6.38. The zero-order valence-electron chi connectivity index (χ0n) is 14.1. The molecule has 0 amide bonds. The fraction of sp³-hybridized carbons (Fsp3) is 0.438. The normalized spacial score (nSPS) is 16.7. The fourth-order valence-electron chi connectivity index (χ4n) is 3.02. The van der Waals surface area contributed by atoms with Crippen molar-refractivity contribution in [1.29, 1.82) is 0 Å². The van der Waals surface area contributed by atoms with E-state index in [-0.39, 0.29) is 11.6 Å². The number of ether oxygens (including phenoxy) is 2. The highest BCUT2D eigenvalue weighted by atomic mass is 35.5. The summed E-state index contributed by atoms with van der Waals surface area (Å²) in [6, 6.07) is 2.97. The van der Waals surface area contributed by atoms with Crippen molar-refractivity contribution >= 4 is 17.6 Å². The average Bonchev–Trinajstić information content (AvgIpc) is 2.91. The quantitative estimate of drug-likeness (QED) is 0.731. The Hall–Kier alpha value is -2.49. The standard InChI is InChI=1S/C16H15ClF3N3O4/c1-26-14(24)11-3-2-4-13-21-22(15(25)23(11)13)8-9-5-6-12(10(17)7-9)27-16(18,19)20/h5-7,11H,2-4,8H2,1H3/t11-/m1/s1. The Bertz CT molecular complexity index is 923. The predicted molar refractivity (Wildman–Crippen MR) is 87.7 cm³/mol. The van der Waals surface area contributed by atoms with E-state index in [2.05, 4.69) is 9.84 Å². The van der Waals surface area contributed by atoms with Crippen molar-refractivity contribution in [2.24, 2.45) is 0 Å². The number of benzene rings is 1. The third-order valence-corrected chi connectivity index (χ3v) is 4.45. The molecule has 146 valence electrons. The molecule has 3 rings (SSSR count). The van der Waals surface area contributed by atoms with E-state index in [1.165, 1.54) is 23.8 Å². The highest BCUT2D eigenvalue weighted by Crippen LogP contribution is 2.31. The molecule has 1 aliphatic rings. The summed E-state index contributed by atoms with van der Waals surface area (Å²) in [6.45, 7) is -0.0151. The van der Waals surface area contributed by atoms with E-state index in [1.54, 1.807) is 0 Å². The van der Waals surface area contributed by atoms with Crippen LogP contribution in [0.3, 0.4) is 0 Å². The number of carbonyl (C=O) groups excluding carboxylic acids is 1. The second-order valence-electron chi connectivity index (χ2n) is 5.97. The Labute approximate surface area is 156 Å². The third-order valence-electron chi connectivity index (χ3n) is 4.16. The van der Waals surface area contributed by atoms with Crippen molar-refractivity contribution < 1.29 is 27.4 Å². The van der Waals surface area contributed by atoms with Gasteiger partial charge in [-0.2, -0.15) is 5.10 Å². The lowest BCUT2D eigenvalue weighted by Gasteiger charge is -2.20. The minimum atomic E-state index is -4.85. The highest BCUT2D eigenvalue weighted by molar-refractivity contribution is 6.32. The molecule has 7 nitrogen and oxygen atoms in total. The molecule has 0 saturated carbocycles. The summed E-state index contributed by atoms with van der Waals surface area (Å²) in [5.74, 6) is -0.589. The lowest BCUT2D eigenvalue weighted by atomic mass is 10.1. The van der Waals surface area contributed by atoms with E-state index in [4.69, 9.17) is 16.3 Å². The average molecular weight is 406 g/mol. The first kappa shape index (κ1) is 19.3. The van der Waals surface area contributed by atoms with Crippen LogP contribution in [0.25, 0.3) is 0 Å². The minimum absolute atomic E-state index is 0.0151. The van der Waals surface area contributed by atoms with E-state index in [0.29, 0.717) is 30.7 Å². The summed E-state index contributed by atoms with van der Waals surface area (Å²) in [5, 5.41) is 3.99. The molecule has 0 N–H and O–H groups in total. The van der Waals surface area contributed by atoms with Crippen molar-refractivity contribution in [3.8, 4) is 5.75 Å². The van der Waals surface area contributed by atoms with Crippen LogP contribution in [0.4, 0.5) is 13.2 Å². The molecule has 1 aliphatic heterocycles. The Morgan fingerprint density at radius 3 is 2.78 bits per heavy atom. The second kappa shape index (κ2) is 7.26. The number of alkyl halides is 3. The number of hydrogen-bond acceptors (Lipinski definition) is 5. The van der Waals surface area contributed by atoms with Crippen LogP contribution in [0.5, 0.6) is 5.75 Å². The maximum absolute atomic E-state index is 12.6. The first-order valence-corrected chi connectivity index (χ1v) is 8.37. The van der Waals surface area contributed by atoms with Gasteiger partial charge in [-0.25, -0.2) is 14.3 Å². The number of rotatable bonds is 4. The number of fused-ring (bicyclic) bond motifs is 1. The maximum atomic E-state index is 12.6. The molecule has 27 heavy (non-hydrogen) atoms. The lowest BCUT2D eigenvalue weighted by molar-refractivity contribution is -0.274. The van der Waals surface area contributed by atoms with Crippen LogP contribution in [0.2, 0.25) is 5.02 Å². The molecule has 2 heterocycles. The van der Waals surface area contributed by atoms with Gasteiger partial charge in [-0.05, 0) is 30.5 Å². The summed E-state index contributed by atoms with van der Waals surface area (Å²) < 4.78 is 47.9. The van der Waals surface area contributed by atoms with Gasteiger partial charge in [-0.1, -0.05) is 17.7 Å². The number of carbonyl (C=O) groups is 1. The van der Waals surface area contributed by atoms with Crippen molar-refractivity contribution in [3.63, 3.8) is 0 Å². The number of aryl methyl sites for hydroxylation is 1. The summed E-state index contributed by atoms with van der Waals surface area (Å²) in [7, 11) is 1.25. The molecule has 0 saturated heterocycles. The third kappa shape index (κ3) is 4.10. The molecule has 11 heteroatoms. The van der Waals surface area contributed by atoms with Crippen LogP contribution >= 0.6 is 11.6 Å². The molecular weight excluding hydrogens is 391 g/mol. The van der Waals surface area contributed by atoms with Crippen LogP contribution in [0.15, 0.2) is 23.0 Å². The topological polar surface area (TPSA) is 75.3 Å². The van der Waals surface area contributed by atoms with Crippen LogP contribution in [0.1, 0.15) is 30.3 Å². The van der Waals surface area contributed by atoms with E-state index >= 15 is 0 Å². The van der Waals surface area contributed by atoms with E-state index in [1.807, 2.05) is 0 Å². The number of esters is 1. The summed E-state index contributed by atoms with van der Waals surface area (Å²) >= 11 is 5.83. The predicted octanol–water partition coefficient (Wildman–Crippen LogP) is 2.70. The molecule has 0 aliphatic carbocycles. The number of aromatic nitrogens is 3. The molecule has 2 aromatic rings. The van der Waals surface area contributed by atoms with Crippen molar-refractivity contribution in [3.05, 3.63) is 45.1 Å². The molecule has 0 bridgehead atoms. The van der Waals surface area contributed by atoms with Gasteiger partial charge in [0.1, 0.15) is 17.6 Å². The Morgan fingerprint density at radius 2 is 2.15 bits per heavy atom. The lowest BCUT2D eigenvalue weighted by Crippen LogP contribution is -2.35. The molecule has 0 spiro atoms. The van der Waals surface area contributed by atoms with Gasteiger partial charge >= 0.3 is 18.0 Å². The SMILES string of the molecule is COC(=O)[C@H]1CCCc2nn(Cc3ccc(OC(F)(F)F)c(Cl)c3)c(=O)n21. The van der Waals surface area contributed by atoms with Crippen LogP contribution in [0, 0.1) is 0 Å². The zero-order valence-corrected chi connectivity index (χ0v) is 14.9. The maximum Gasteiger partial charge on any atom is 0.573 e. The summed E-state index contributed by atoms with van der Waals surface area (Å²) in [6.07, 6.45) is -3.16. The Morgan fingerprint density at radius 1 is 1.41 bits per heavy atom. The van der Waals surface area contributed by atoms with Crippen LogP contribution in [-0.4, -0.2) is 33.8 Å². The first-order valence-electron chi connectivity index (χ1n) is 8.00. The molecule has 1 aromatic heterocycles. The summed E-state index contributed by atoms with van der Waals surface area (Å²) in [4.78, 5) is 24.5. The monoisotopic (exact) mass is 405 g/mol. The van der Waals surface area contributed by atoms with Crippen molar-refractivity contribution in [1.82, 2.24) is 14.3 Å². The zero-order chi connectivity index (χ0) is 19.8. The number of nitrogens with zero attached hydrogens (tertiary/aromatic N) is 3. The molecular formula is C16H15ClF3N3O4. The molecule has 0 unspecified atom stereocenters. The number of halogens is 4. The van der Waals surface area contributed by atoms with Crippen LogP contribution < -0.4 is 10.4 Å². The van der Waals surface area contributed by atoms with E-state index in [9.17, 15) is 22.8 Å². The van der Waals surface area contributed by atoms with Crippen LogP contribution in [-0.2, 0) is 22.5 Å². The first-order chi connectivity index (χ1) is 12.7. The Kier molecular flexibility index (Phi) is 5.18. The highest BCUT2D eigenvalue weighted by Gasteiger charge is 2.33. The number of methoxy groups -OCH3 is 1. The van der Waals surface area contributed by atoms with Gasteiger partial charge < -0.3 is 9.47 Å². The fourth-order valence-corrected chi connectivity index (χ4v) is 3.26. The van der Waals surface area contributed by atoms with Gasteiger partial charge in [0.2, 0.25) is 0 Å². The molecule has 1 atom stereocenters. The Balaban J connectivity index is 1.87. The smallest absolute Gasteiger partial charge is 0.467 e. The minimum Gasteiger partial charge on any atom is -0.467 e. The van der Waals surface area contributed by atoms with Gasteiger partial charge in [0, 0.05) is 6.42 Å². The number of hydrogen-bond donors (Lipinski definition) is 0. The van der Waals surface area contributed by atoms with Gasteiger partial charge in [0.25, 0.3) is 0 Å². The molecule has 0 fully saturated rings. The van der Waals surface area contributed by atoms with Crippen molar-refractivity contribution in [2.45, 2.75) is 38.2 Å².